The first-order chi connectivity index (χ1) is 9.22. The van der Waals surface area contributed by atoms with Gasteiger partial charge in [-0.1, -0.05) is 13.8 Å². The number of hydrogen-bond donors (Lipinski definition) is 0. The highest BCUT2D eigenvalue weighted by atomic mass is 16.5. The largest absolute Gasteiger partial charge is 0.462 e. The minimum atomic E-state index is -0.290. The topological polar surface area (TPSA) is 43.4 Å². The maximum atomic E-state index is 11.6. The smallest absolute Gasteiger partial charge is 0.302 e. The van der Waals surface area contributed by atoms with Gasteiger partial charge in [0.25, 0.3) is 0 Å². The van der Waals surface area contributed by atoms with Gasteiger partial charge in [-0.15, -0.1) is 5.73 Å². The molecule has 0 atom stereocenters. The molecule has 0 aromatic heterocycles. The second kappa shape index (κ2) is 6.53. The first-order valence-corrected chi connectivity index (χ1v) is 6.71. The lowest BCUT2D eigenvalue weighted by molar-refractivity contribution is -0.139. The van der Waals surface area contributed by atoms with Crippen LogP contribution in [0.5, 0.6) is 0 Å². The fraction of sp³-hybridized carbons (Fsp3) is 0.471. The lowest BCUT2D eigenvalue weighted by Crippen LogP contribution is -2.23. The van der Waals surface area contributed by atoms with E-state index >= 15 is 0 Å². The summed E-state index contributed by atoms with van der Waals surface area (Å²) in [5.74, 6) is -0.123. The summed E-state index contributed by atoms with van der Waals surface area (Å²) in [4.78, 5) is 22.3. The van der Waals surface area contributed by atoms with Crippen molar-refractivity contribution in [1.29, 1.82) is 0 Å². The lowest BCUT2D eigenvalue weighted by Gasteiger charge is -2.29. The molecule has 0 amide bonds. The number of carbonyl (C=O) groups excluding carboxylic acids is 2. The molecule has 0 saturated carbocycles. The average molecular weight is 274 g/mol. The molecule has 0 aromatic carbocycles. The van der Waals surface area contributed by atoms with Crippen molar-refractivity contribution in [2.75, 3.05) is 6.61 Å². The van der Waals surface area contributed by atoms with Crippen molar-refractivity contribution in [3.05, 3.63) is 40.7 Å². The fourth-order valence-electron chi connectivity index (χ4n) is 2.27. The number of rotatable bonds is 3. The van der Waals surface area contributed by atoms with E-state index in [1.807, 2.05) is 26.0 Å². The van der Waals surface area contributed by atoms with E-state index in [1.54, 1.807) is 6.08 Å². The Labute approximate surface area is 120 Å². The SMILES string of the molecule is CC(=O)OCC=C(C)C=C=C1C(C)=CC(=O)CC1(C)C. The van der Waals surface area contributed by atoms with E-state index in [4.69, 9.17) is 4.74 Å². The van der Waals surface area contributed by atoms with Crippen molar-refractivity contribution < 1.29 is 14.3 Å². The van der Waals surface area contributed by atoms with Gasteiger partial charge in [0.15, 0.2) is 5.78 Å². The zero-order valence-electron chi connectivity index (χ0n) is 12.9. The quantitative estimate of drug-likeness (QED) is 0.449. The van der Waals surface area contributed by atoms with Crippen LogP contribution in [0.15, 0.2) is 40.7 Å². The minimum Gasteiger partial charge on any atom is -0.462 e. The fourth-order valence-corrected chi connectivity index (χ4v) is 2.27. The molecule has 3 nitrogen and oxygen atoms in total. The van der Waals surface area contributed by atoms with E-state index in [0.717, 1.165) is 16.7 Å². The third-order valence-corrected chi connectivity index (χ3v) is 3.20. The van der Waals surface area contributed by atoms with Gasteiger partial charge in [-0.25, -0.2) is 0 Å². The summed E-state index contributed by atoms with van der Waals surface area (Å²) in [7, 11) is 0. The summed E-state index contributed by atoms with van der Waals surface area (Å²) >= 11 is 0. The number of ether oxygens (including phenoxy) is 1. The van der Waals surface area contributed by atoms with Crippen LogP contribution < -0.4 is 0 Å². The first kappa shape index (κ1) is 16.2. The molecule has 1 rings (SSSR count). The number of esters is 1. The highest BCUT2D eigenvalue weighted by Gasteiger charge is 2.30. The maximum Gasteiger partial charge on any atom is 0.302 e. The van der Waals surface area contributed by atoms with E-state index < -0.39 is 0 Å². The molecular weight excluding hydrogens is 252 g/mol. The van der Waals surface area contributed by atoms with E-state index in [9.17, 15) is 9.59 Å². The highest BCUT2D eigenvalue weighted by molar-refractivity contribution is 5.93. The summed E-state index contributed by atoms with van der Waals surface area (Å²) in [5.41, 5.74) is 6.08. The van der Waals surface area contributed by atoms with Crippen molar-refractivity contribution in [2.45, 2.75) is 41.0 Å². The molecule has 0 radical (unpaired) electrons. The summed E-state index contributed by atoms with van der Waals surface area (Å²) in [5, 5.41) is 0. The molecule has 0 unspecified atom stereocenters. The Morgan fingerprint density at radius 1 is 1.45 bits per heavy atom. The molecule has 0 aromatic rings. The van der Waals surface area contributed by atoms with Gasteiger partial charge < -0.3 is 4.74 Å². The molecule has 1 aliphatic rings. The van der Waals surface area contributed by atoms with Crippen LogP contribution in [0.2, 0.25) is 0 Å². The lowest BCUT2D eigenvalue weighted by atomic mass is 9.73. The third-order valence-electron chi connectivity index (χ3n) is 3.20. The molecule has 3 heteroatoms. The van der Waals surface area contributed by atoms with Crippen molar-refractivity contribution in [2.24, 2.45) is 5.41 Å². The molecule has 20 heavy (non-hydrogen) atoms. The summed E-state index contributed by atoms with van der Waals surface area (Å²) < 4.78 is 4.85. The van der Waals surface area contributed by atoms with Gasteiger partial charge in [-0.3, -0.25) is 9.59 Å². The normalized spacial score (nSPS) is 18.2. The summed E-state index contributed by atoms with van der Waals surface area (Å²) in [6, 6.07) is 0. The molecule has 1 aliphatic carbocycles. The standard InChI is InChI=1S/C17H22O3/c1-12(8-9-20-14(3)18)6-7-16-13(2)10-15(19)11-17(16,4)5/h6,8,10H,9,11H2,1-5H3. The van der Waals surface area contributed by atoms with Gasteiger partial charge in [0.05, 0.1) is 0 Å². The molecule has 0 aliphatic heterocycles. The van der Waals surface area contributed by atoms with Crippen LogP contribution in [-0.2, 0) is 14.3 Å². The monoisotopic (exact) mass is 274 g/mol. The zero-order valence-corrected chi connectivity index (χ0v) is 12.9. The van der Waals surface area contributed by atoms with Gasteiger partial charge >= 0.3 is 5.97 Å². The molecule has 0 bridgehead atoms. The van der Waals surface area contributed by atoms with Gasteiger partial charge in [-0.05, 0) is 43.2 Å². The summed E-state index contributed by atoms with van der Waals surface area (Å²) in [6.45, 7) is 9.62. The molecule has 0 heterocycles. The van der Waals surface area contributed by atoms with Gasteiger partial charge in [0.1, 0.15) is 6.61 Å². The van der Waals surface area contributed by atoms with E-state index in [0.29, 0.717) is 6.42 Å². The van der Waals surface area contributed by atoms with Crippen LogP contribution in [0.4, 0.5) is 0 Å². The van der Waals surface area contributed by atoms with E-state index in [1.165, 1.54) is 6.92 Å². The van der Waals surface area contributed by atoms with Crippen LogP contribution in [0.3, 0.4) is 0 Å². The van der Waals surface area contributed by atoms with Crippen LogP contribution in [-0.4, -0.2) is 18.4 Å². The third kappa shape index (κ3) is 4.67. The number of allylic oxidation sites excluding steroid dienone is 4. The van der Waals surface area contributed by atoms with Crippen molar-refractivity contribution in [1.82, 2.24) is 0 Å². The Bertz CT molecular complexity index is 539. The predicted octanol–water partition coefficient (Wildman–Crippen LogP) is 3.52. The Hall–Kier alpha value is -1.86. The van der Waals surface area contributed by atoms with Crippen molar-refractivity contribution in [3.63, 3.8) is 0 Å². The Morgan fingerprint density at radius 2 is 2.10 bits per heavy atom. The molecule has 0 N–H and O–H groups in total. The number of hydrogen-bond acceptors (Lipinski definition) is 3. The van der Waals surface area contributed by atoms with E-state index in [2.05, 4.69) is 19.6 Å². The van der Waals surface area contributed by atoms with E-state index in [-0.39, 0.29) is 23.8 Å². The Kier molecular flexibility index (Phi) is 5.29. The second-order valence-electron chi connectivity index (χ2n) is 5.77. The van der Waals surface area contributed by atoms with Gasteiger partial charge in [0.2, 0.25) is 0 Å². The van der Waals surface area contributed by atoms with Crippen LogP contribution >= 0.6 is 0 Å². The first-order valence-electron chi connectivity index (χ1n) is 6.71. The maximum absolute atomic E-state index is 11.6. The molecule has 0 fully saturated rings. The predicted molar refractivity (Wildman–Crippen MR) is 79.1 cm³/mol. The minimum absolute atomic E-state index is 0.167. The second-order valence-corrected chi connectivity index (χ2v) is 5.77. The van der Waals surface area contributed by atoms with Gasteiger partial charge in [-0.2, -0.15) is 0 Å². The van der Waals surface area contributed by atoms with Crippen molar-refractivity contribution in [3.8, 4) is 0 Å². The number of ketones is 1. The van der Waals surface area contributed by atoms with Gasteiger partial charge in [0, 0.05) is 24.3 Å². The zero-order chi connectivity index (χ0) is 15.3. The molecule has 0 saturated heterocycles. The van der Waals surface area contributed by atoms with Crippen LogP contribution in [0, 0.1) is 5.41 Å². The molecule has 108 valence electrons. The Morgan fingerprint density at radius 3 is 2.65 bits per heavy atom. The van der Waals surface area contributed by atoms with Crippen molar-refractivity contribution >= 4 is 11.8 Å². The van der Waals surface area contributed by atoms with Crippen LogP contribution in [0.1, 0.15) is 41.0 Å². The molecule has 0 spiro atoms. The Balaban J connectivity index is 2.96. The van der Waals surface area contributed by atoms with Crippen LogP contribution in [0.25, 0.3) is 0 Å². The summed E-state index contributed by atoms with van der Waals surface area (Å²) in [6.07, 6.45) is 5.89. The highest BCUT2D eigenvalue weighted by Crippen LogP contribution is 2.38. The molecular formula is C17H22O3. The number of carbonyl (C=O) groups is 2. The average Bonchev–Trinajstić information content (AvgIpc) is 2.25.